The third-order valence-electron chi connectivity index (χ3n) is 2.72. The van der Waals surface area contributed by atoms with Crippen LogP contribution in [-0.4, -0.2) is 29.9 Å². The molecule has 0 aliphatic heterocycles. The Labute approximate surface area is 131 Å². The van der Waals surface area contributed by atoms with Crippen molar-refractivity contribution in [1.29, 1.82) is 0 Å². The maximum Gasteiger partial charge on any atom is 0.248 e. The molecule has 0 bridgehead atoms. The normalized spacial score (nSPS) is 10.7. The summed E-state index contributed by atoms with van der Waals surface area (Å²) in [4.78, 5) is 17.3. The highest BCUT2D eigenvalue weighted by Crippen LogP contribution is 2.06. The molecule has 1 aromatic rings. The van der Waals surface area contributed by atoms with Crippen molar-refractivity contribution in [3.8, 4) is 0 Å². The van der Waals surface area contributed by atoms with Gasteiger partial charge in [0.1, 0.15) is 0 Å². The smallest absolute Gasteiger partial charge is 0.248 e. The number of halogens is 1. The first-order chi connectivity index (χ1) is 8.58. The first-order valence-electron chi connectivity index (χ1n) is 6.02. The molecule has 0 unspecified atom stereocenters. The Morgan fingerprint density at radius 2 is 1.89 bits per heavy atom. The van der Waals surface area contributed by atoms with E-state index in [0.29, 0.717) is 18.1 Å². The van der Waals surface area contributed by atoms with Crippen LogP contribution >= 0.6 is 24.0 Å². The summed E-state index contributed by atoms with van der Waals surface area (Å²) in [5, 5.41) is 0. The molecule has 0 fully saturated rings. The molecule has 4 N–H and O–H groups in total. The maximum atomic E-state index is 11.0. The molecular weight excluding hydrogens is 355 g/mol. The first-order valence-corrected chi connectivity index (χ1v) is 6.02. The topological polar surface area (TPSA) is 84.7 Å². The van der Waals surface area contributed by atoms with Crippen LogP contribution in [-0.2, 0) is 6.54 Å². The molecular formula is C13H21IN4O. The van der Waals surface area contributed by atoms with E-state index >= 15 is 0 Å². The average molecular weight is 376 g/mol. The third kappa shape index (κ3) is 5.46. The maximum absolute atomic E-state index is 11.0. The van der Waals surface area contributed by atoms with Gasteiger partial charge < -0.3 is 16.4 Å². The Bertz CT molecular complexity index is 444. The van der Waals surface area contributed by atoms with Crippen molar-refractivity contribution in [3.05, 3.63) is 35.4 Å². The van der Waals surface area contributed by atoms with E-state index in [2.05, 4.69) is 4.99 Å². The van der Waals surface area contributed by atoms with Crippen LogP contribution in [0.4, 0.5) is 0 Å². The Hall–Kier alpha value is -1.31. The summed E-state index contributed by atoms with van der Waals surface area (Å²) < 4.78 is 0. The number of hydrogen-bond acceptors (Lipinski definition) is 2. The number of hydrogen-bond donors (Lipinski definition) is 2. The Balaban J connectivity index is 0.00000324. The molecule has 1 rings (SSSR count). The van der Waals surface area contributed by atoms with Crippen LogP contribution in [0.3, 0.4) is 0 Å². The fourth-order valence-electron chi connectivity index (χ4n) is 1.64. The zero-order valence-electron chi connectivity index (χ0n) is 11.3. The molecule has 0 heterocycles. The van der Waals surface area contributed by atoms with Gasteiger partial charge in [0.05, 0.1) is 6.54 Å². The van der Waals surface area contributed by atoms with Gasteiger partial charge in [-0.25, -0.2) is 4.99 Å². The number of guanidine groups is 1. The molecule has 0 saturated carbocycles. The second-order valence-corrected chi connectivity index (χ2v) is 3.91. The van der Waals surface area contributed by atoms with Crippen LogP contribution in [0.15, 0.2) is 29.3 Å². The second kappa shape index (κ2) is 8.73. The van der Waals surface area contributed by atoms with Gasteiger partial charge in [-0.15, -0.1) is 24.0 Å². The van der Waals surface area contributed by atoms with Crippen molar-refractivity contribution in [2.24, 2.45) is 16.5 Å². The Morgan fingerprint density at radius 1 is 1.26 bits per heavy atom. The van der Waals surface area contributed by atoms with E-state index in [9.17, 15) is 4.79 Å². The number of carbonyl (C=O) groups is 1. The molecule has 1 amide bonds. The number of primary amides is 1. The van der Waals surface area contributed by atoms with E-state index in [1.807, 2.05) is 24.8 Å². The first kappa shape index (κ1) is 17.7. The number of amides is 1. The van der Waals surface area contributed by atoms with Crippen molar-refractivity contribution >= 4 is 35.8 Å². The fourth-order valence-corrected chi connectivity index (χ4v) is 1.64. The molecule has 5 nitrogen and oxygen atoms in total. The van der Waals surface area contributed by atoms with Gasteiger partial charge in [-0.2, -0.15) is 0 Å². The van der Waals surface area contributed by atoms with Crippen LogP contribution in [0, 0.1) is 0 Å². The van der Waals surface area contributed by atoms with E-state index in [-0.39, 0.29) is 24.0 Å². The van der Waals surface area contributed by atoms with Crippen LogP contribution in [0.5, 0.6) is 0 Å². The van der Waals surface area contributed by atoms with E-state index in [0.717, 1.165) is 18.7 Å². The van der Waals surface area contributed by atoms with Crippen molar-refractivity contribution < 1.29 is 4.79 Å². The third-order valence-corrected chi connectivity index (χ3v) is 2.72. The number of nitrogens with two attached hydrogens (primary N) is 2. The Kier molecular flexibility index (Phi) is 8.13. The lowest BCUT2D eigenvalue weighted by Gasteiger charge is -2.19. The van der Waals surface area contributed by atoms with Crippen molar-refractivity contribution in [2.45, 2.75) is 20.4 Å². The van der Waals surface area contributed by atoms with Gasteiger partial charge in [-0.3, -0.25) is 4.79 Å². The van der Waals surface area contributed by atoms with Crippen LogP contribution in [0.25, 0.3) is 0 Å². The summed E-state index contributed by atoms with van der Waals surface area (Å²) in [6, 6.07) is 7.11. The summed E-state index contributed by atoms with van der Waals surface area (Å²) in [5.41, 5.74) is 12.5. The van der Waals surface area contributed by atoms with Crippen LogP contribution in [0.2, 0.25) is 0 Å². The van der Waals surface area contributed by atoms with Gasteiger partial charge in [-0.1, -0.05) is 12.1 Å². The molecule has 0 spiro atoms. The highest BCUT2D eigenvalue weighted by Gasteiger charge is 2.03. The zero-order chi connectivity index (χ0) is 13.5. The molecule has 0 aliphatic rings. The molecule has 0 radical (unpaired) electrons. The summed E-state index contributed by atoms with van der Waals surface area (Å²) in [5.74, 6) is 0.0852. The number of nitrogens with zero attached hydrogens (tertiary/aromatic N) is 2. The van der Waals surface area contributed by atoms with Crippen molar-refractivity contribution in [2.75, 3.05) is 13.1 Å². The lowest BCUT2D eigenvalue weighted by atomic mass is 10.1. The minimum Gasteiger partial charge on any atom is -0.370 e. The number of carbonyl (C=O) groups excluding carboxylic acids is 1. The quantitative estimate of drug-likeness (QED) is 0.465. The lowest BCUT2D eigenvalue weighted by Crippen LogP contribution is -2.37. The molecule has 0 saturated heterocycles. The molecule has 0 atom stereocenters. The standard InChI is InChI=1S/C13H20N4O.HI/c1-3-17(4-2)13(15)16-9-10-6-5-7-11(8-10)12(14)18;/h5-8H,3-4,9H2,1-2H3,(H2,14,18)(H2,15,16);1H. The van der Waals surface area contributed by atoms with Gasteiger partial charge >= 0.3 is 0 Å². The minimum absolute atomic E-state index is 0. The van der Waals surface area contributed by atoms with Crippen LogP contribution in [0.1, 0.15) is 29.8 Å². The lowest BCUT2D eigenvalue weighted by molar-refractivity contribution is 0.1000. The van der Waals surface area contributed by atoms with Crippen molar-refractivity contribution in [3.63, 3.8) is 0 Å². The summed E-state index contributed by atoms with van der Waals surface area (Å²) in [7, 11) is 0. The number of aliphatic imine (C=N–C) groups is 1. The summed E-state index contributed by atoms with van der Waals surface area (Å²) >= 11 is 0. The second-order valence-electron chi connectivity index (χ2n) is 3.91. The fraction of sp³-hybridized carbons (Fsp3) is 0.385. The Morgan fingerprint density at radius 3 is 2.42 bits per heavy atom. The van der Waals surface area contributed by atoms with E-state index in [4.69, 9.17) is 11.5 Å². The summed E-state index contributed by atoms with van der Waals surface area (Å²) in [6.45, 7) is 6.16. The molecule has 6 heteroatoms. The van der Waals surface area contributed by atoms with Gasteiger partial charge in [0.15, 0.2) is 5.96 Å². The average Bonchev–Trinajstić information content (AvgIpc) is 2.38. The SMILES string of the molecule is CCN(CC)C(N)=NCc1cccc(C(N)=O)c1.I. The van der Waals surface area contributed by atoms with Gasteiger partial charge in [0.2, 0.25) is 5.91 Å². The van der Waals surface area contributed by atoms with Crippen LogP contribution < -0.4 is 11.5 Å². The molecule has 1 aromatic carbocycles. The molecule has 0 aromatic heterocycles. The number of rotatable bonds is 5. The van der Waals surface area contributed by atoms with Gasteiger partial charge in [-0.05, 0) is 31.5 Å². The monoisotopic (exact) mass is 376 g/mol. The highest BCUT2D eigenvalue weighted by molar-refractivity contribution is 14.0. The molecule has 19 heavy (non-hydrogen) atoms. The van der Waals surface area contributed by atoms with E-state index in [1.165, 1.54) is 0 Å². The van der Waals surface area contributed by atoms with Gasteiger partial charge in [0.25, 0.3) is 0 Å². The highest BCUT2D eigenvalue weighted by atomic mass is 127. The predicted molar refractivity (Wildman–Crippen MR) is 88.6 cm³/mol. The number of benzene rings is 1. The minimum atomic E-state index is -0.433. The van der Waals surface area contributed by atoms with Gasteiger partial charge in [0, 0.05) is 18.7 Å². The molecule has 106 valence electrons. The summed E-state index contributed by atoms with van der Waals surface area (Å²) in [6.07, 6.45) is 0. The molecule has 0 aliphatic carbocycles. The largest absolute Gasteiger partial charge is 0.370 e. The zero-order valence-corrected chi connectivity index (χ0v) is 13.6. The van der Waals surface area contributed by atoms with E-state index < -0.39 is 5.91 Å². The van der Waals surface area contributed by atoms with E-state index in [1.54, 1.807) is 18.2 Å². The predicted octanol–water partition coefficient (Wildman–Crippen LogP) is 1.56. The van der Waals surface area contributed by atoms with Crippen molar-refractivity contribution in [1.82, 2.24) is 4.90 Å².